The van der Waals surface area contributed by atoms with Crippen LogP contribution in [0.1, 0.15) is 91.6 Å². The van der Waals surface area contributed by atoms with Gasteiger partial charge in [-0.15, -0.1) is 13.2 Å². The molecular weight excluding hydrogens is 769 g/mol. The maximum absolute atomic E-state index is 15.6. The number of hydrogen-bond donors (Lipinski definition) is 0. The van der Waals surface area contributed by atoms with Crippen molar-refractivity contribution in [3.63, 3.8) is 0 Å². The number of carbonyl (C=O) groups excluding carboxylic acids is 2. The summed E-state index contributed by atoms with van der Waals surface area (Å²) in [5.41, 5.74) is 7.71. The second kappa shape index (κ2) is 15.4. The molecule has 10 atom stereocenters. The fourth-order valence-electron chi connectivity index (χ4n) is 12.5. The van der Waals surface area contributed by atoms with Crippen LogP contribution < -0.4 is 9.47 Å². The van der Waals surface area contributed by atoms with E-state index in [4.69, 9.17) is 19.4 Å². The molecule has 7 aliphatic rings. The smallest absolute Gasteiger partial charge is 0.194 e. The zero-order chi connectivity index (χ0) is 42.2. The molecule has 6 fully saturated rings. The van der Waals surface area contributed by atoms with E-state index in [0.29, 0.717) is 45.9 Å². The highest BCUT2D eigenvalue weighted by Gasteiger charge is 2.48. The lowest BCUT2D eigenvalue weighted by molar-refractivity contribution is 0.0116. The van der Waals surface area contributed by atoms with Crippen molar-refractivity contribution in [3.05, 3.63) is 167 Å². The van der Waals surface area contributed by atoms with E-state index >= 15 is 9.59 Å². The number of ether oxygens (including phenoxy) is 2. The number of rotatable bonds is 10. The van der Waals surface area contributed by atoms with E-state index < -0.39 is 0 Å². The third-order valence-electron chi connectivity index (χ3n) is 15.5. The van der Waals surface area contributed by atoms with E-state index in [-0.39, 0.29) is 35.5 Å². The van der Waals surface area contributed by atoms with Crippen LogP contribution in [0.5, 0.6) is 11.5 Å². The maximum Gasteiger partial charge on any atom is 0.194 e. The van der Waals surface area contributed by atoms with Gasteiger partial charge in [-0.25, -0.2) is 0 Å². The molecule has 312 valence electrons. The van der Waals surface area contributed by atoms with Crippen LogP contribution in [-0.4, -0.2) is 83.8 Å². The molecule has 0 radical (unpaired) electrons. The molecular formula is C54H52N4O4. The Morgan fingerprint density at radius 2 is 1.06 bits per heavy atom. The van der Waals surface area contributed by atoms with Gasteiger partial charge in [0.2, 0.25) is 0 Å². The third kappa shape index (κ3) is 6.09. The lowest BCUT2D eigenvalue weighted by Gasteiger charge is -2.52. The molecule has 0 N–H and O–H groups in total. The predicted molar refractivity (Wildman–Crippen MR) is 244 cm³/mol. The lowest BCUT2D eigenvalue weighted by atomic mass is 9.65. The van der Waals surface area contributed by atoms with Crippen molar-refractivity contribution in [2.45, 2.75) is 49.6 Å². The Kier molecular flexibility index (Phi) is 9.69. The highest BCUT2D eigenvalue weighted by atomic mass is 16.5. The molecule has 8 heteroatoms. The number of fused-ring (bicyclic) bond motifs is 10. The molecule has 4 aromatic carbocycles. The van der Waals surface area contributed by atoms with Gasteiger partial charge in [-0.3, -0.25) is 29.4 Å². The zero-order valence-electron chi connectivity index (χ0n) is 35.5. The van der Waals surface area contributed by atoms with E-state index in [1.54, 1.807) is 14.2 Å². The molecule has 8 nitrogen and oxygen atoms in total. The Morgan fingerprint density at radius 1 is 0.613 bits per heavy atom. The Bertz CT molecular complexity index is 2630. The van der Waals surface area contributed by atoms with Gasteiger partial charge < -0.3 is 9.47 Å². The number of piperidine rings is 6. The lowest BCUT2D eigenvalue weighted by Crippen LogP contribution is -2.55. The molecule has 0 saturated carbocycles. The summed E-state index contributed by atoms with van der Waals surface area (Å²) in [5.74, 6) is 2.63. The summed E-state index contributed by atoms with van der Waals surface area (Å²) in [4.78, 5) is 46.2. The topological polar surface area (TPSA) is 84.9 Å². The molecule has 0 spiro atoms. The summed E-state index contributed by atoms with van der Waals surface area (Å²) in [6.07, 6.45) is 12.2. The molecule has 4 bridgehead atoms. The average molecular weight is 821 g/mol. The van der Waals surface area contributed by atoms with Gasteiger partial charge in [0, 0.05) is 82.4 Å². The number of ketones is 2. The van der Waals surface area contributed by atoms with Crippen LogP contribution in [0.2, 0.25) is 0 Å². The van der Waals surface area contributed by atoms with Crippen LogP contribution in [-0.2, 0) is 0 Å². The second-order valence-corrected chi connectivity index (χ2v) is 18.2. The summed E-state index contributed by atoms with van der Waals surface area (Å²) in [5, 5.41) is 1.98. The summed E-state index contributed by atoms with van der Waals surface area (Å²) in [6.45, 7) is 12.3. The monoisotopic (exact) mass is 820 g/mol. The first-order valence-corrected chi connectivity index (χ1v) is 22.3. The summed E-state index contributed by atoms with van der Waals surface area (Å²) < 4.78 is 11.6. The quantitative estimate of drug-likeness (QED) is 0.126. The first-order valence-electron chi connectivity index (χ1n) is 22.3. The summed E-state index contributed by atoms with van der Waals surface area (Å²) in [7, 11) is 3.38. The predicted octanol–water partition coefficient (Wildman–Crippen LogP) is 9.63. The minimum atomic E-state index is -0.238. The standard InChI is InChI=1S/C54H52N4O4/c1-5-31-29-57-23-19-33(31)25-47(57)49(37-17-21-55-45-15-11-35(61-3)27-43(37)45)41-13-14-42(52-51(41)53(59)39-9-7-8-10-40(39)54(52)60)50(48-26-34-20-24-58(48)30-32(34)6-2)38-18-22-56-46-16-12-36(62-4)28-44(38)46/h5-18,21-22,27-28,31-34,47-50H,1-2,19-20,23-26,29-30H2,3-4H3/t31-,32+,33+,34-,47-,48+,49-,50-/m0/s1. The number of methoxy groups -OCH3 is 2. The molecule has 2 unspecified atom stereocenters. The van der Waals surface area contributed by atoms with Crippen LogP contribution in [0.3, 0.4) is 0 Å². The number of hydrogen-bond acceptors (Lipinski definition) is 8. The second-order valence-electron chi connectivity index (χ2n) is 18.2. The van der Waals surface area contributed by atoms with Crippen LogP contribution in [0.25, 0.3) is 21.8 Å². The molecule has 1 aliphatic carbocycles. The van der Waals surface area contributed by atoms with Crippen molar-refractivity contribution in [1.82, 2.24) is 19.8 Å². The summed E-state index contributed by atoms with van der Waals surface area (Å²) in [6, 6.07) is 28.4. The highest BCUT2D eigenvalue weighted by Crippen LogP contribution is 2.51. The van der Waals surface area contributed by atoms with Crippen molar-refractivity contribution in [3.8, 4) is 11.5 Å². The van der Waals surface area contributed by atoms with Gasteiger partial charge in [0.15, 0.2) is 11.6 Å². The van der Waals surface area contributed by atoms with Crippen molar-refractivity contribution in [2.24, 2.45) is 23.7 Å². The fourth-order valence-corrected chi connectivity index (χ4v) is 12.5. The Morgan fingerprint density at radius 3 is 1.45 bits per heavy atom. The Hall–Kier alpha value is -5.96. The van der Waals surface area contributed by atoms with Gasteiger partial charge in [0.25, 0.3) is 0 Å². The number of pyridine rings is 2. The largest absolute Gasteiger partial charge is 0.497 e. The molecule has 6 aromatic rings. The van der Waals surface area contributed by atoms with Gasteiger partial charge in [0.05, 0.1) is 25.3 Å². The SMILES string of the molecule is C=C[C@@H]1CN2CC[C@H]1C[C@@H]2[C@H](c1ccc([C@H](c2ccnc3ccc(OC)cc23)[C@@H]2C[C@H]3CCN2C[C@@H]3C=C)c2c1C(=O)c1ccccc1C2=O)c1ccnc2ccc(OC)cc12. The summed E-state index contributed by atoms with van der Waals surface area (Å²) >= 11 is 0. The van der Waals surface area contributed by atoms with Crippen LogP contribution in [0, 0.1) is 23.7 Å². The van der Waals surface area contributed by atoms with Gasteiger partial charge in [-0.2, -0.15) is 0 Å². The Balaban J connectivity index is 1.20. The van der Waals surface area contributed by atoms with Crippen molar-refractivity contribution in [2.75, 3.05) is 40.4 Å². The minimum Gasteiger partial charge on any atom is -0.497 e. The van der Waals surface area contributed by atoms with Crippen molar-refractivity contribution in [1.29, 1.82) is 0 Å². The number of nitrogens with zero attached hydrogens (tertiary/aromatic N) is 4. The van der Waals surface area contributed by atoms with Crippen LogP contribution >= 0.6 is 0 Å². The van der Waals surface area contributed by atoms with Crippen molar-refractivity contribution >= 4 is 33.4 Å². The highest BCUT2D eigenvalue weighted by molar-refractivity contribution is 6.29. The van der Waals surface area contributed by atoms with E-state index in [2.05, 4.69) is 71.5 Å². The van der Waals surface area contributed by atoms with E-state index in [1.807, 2.05) is 60.9 Å². The maximum atomic E-state index is 15.6. The van der Waals surface area contributed by atoms with E-state index in [1.165, 1.54) is 0 Å². The molecule has 6 saturated heterocycles. The number of benzene rings is 4. The van der Waals surface area contributed by atoms with Crippen LogP contribution in [0.4, 0.5) is 0 Å². The number of aromatic nitrogens is 2. The van der Waals surface area contributed by atoms with Gasteiger partial charge >= 0.3 is 0 Å². The van der Waals surface area contributed by atoms with Gasteiger partial charge in [0.1, 0.15) is 11.5 Å². The van der Waals surface area contributed by atoms with E-state index in [9.17, 15) is 0 Å². The normalized spacial score (nSPS) is 27.1. The molecule has 6 aliphatic heterocycles. The molecule has 13 rings (SSSR count). The first-order chi connectivity index (χ1) is 30.4. The van der Waals surface area contributed by atoms with E-state index in [0.717, 1.165) is 107 Å². The average Bonchev–Trinajstić information content (AvgIpc) is 3.33. The third-order valence-corrected chi connectivity index (χ3v) is 15.5. The molecule has 62 heavy (non-hydrogen) atoms. The minimum absolute atomic E-state index is 0.0835. The van der Waals surface area contributed by atoms with Crippen molar-refractivity contribution < 1.29 is 19.1 Å². The molecule has 0 amide bonds. The number of carbonyl (C=O) groups is 2. The first kappa shape index (κ1) is 38.9. The Labute approximate surface area is 363 Å². The van der Waals surface area contributed by atoms with Gasteiger partial charge in [-0.05, 0) is 133 Å². The fraction of sp³-hybridized carbons (Fsp3) is 0.333. The molecule has 2 aromatic heterocycles. The van der Waals surface area contributed by atoms with Gasteiger partial charge in [-0.1, -0.05) is 48.6 Å². The van der Waals surface area contributed by atoms with Crippen LogP contribution in [0.15, 0.2) is 123 Å². The molecule has 8 heterocycles. The zero-order valence-corrected chi connectivity index (χ0v) is 35.5.